The molecular formula is C9H4F2O2. The van der Waals surface area contributed by atoms with Gasteiger partial charge in [-0.15, -0.1) is 0 Å². The van der Waals surface area contributed by atoms with Crippen LogP contribution >= 0.6 is 0 Å². The lowest BCUT2D eigenvalue weighted by atomic mass is 10.2. The predicted molar refractivity (Wildman–Crippen MR) is 41.5 cm³/mol. The van der Waals surface area contributed by atoms with Gasteiger partial charge in [0, 0.05) is 11.5 Å². The van der Waals surface area contributed by atoms with Gasteiger partial charge >= 0.3 is 0 Å². The largest absolute Gasteiger partial charge is 0.453 e. The smallest absolute Gasteiger partial charge is 0.185 e. The van der Waals surface area contributed by atoms with E-state index in [1.165, 1.54) is 6.07 Å². The third kappa shape index (κ3) is 1.20. The van der Waals surface area contributed by atoms with Gasteiger partial charge in [0.05, 0.1) is 0 Å². The van der Waals surface area contributed by atoms with Crippen molar-refractivity contribution in [2.24, 2.45) is 0 Å². The highest BCUT2D eigenvalue weighted by Gasteiger charge is 2.08. The van der Waals surface area contributed by atoms with Crippen molar-refractivity contribution in [1.29, 1.82) is 0 Å². The molecule has 0 saturated heterocycles. The molecule has 66 valence electrons. The summed E-state index contributed by atoms with van der Waals surface area (Å²) < 4.78 is 30.2. The van der Waals surface area contributed by atoms with Crippen molar-refractivity contribution < 1.29 is 18.0 Å². The van der Waals surface area contributed by atoms with E-state index >= 15 is 0 Å². The summed E-state index contributed by atoms with van der Waals surface area (Å²) in [5.41, 5.74) is 0.168. The van der Waals surface area contributed by atoms with Gasteiger partial charge in [-0.2, -0.15) is 0 Å². The zero-order valence-corrected chi connectivity index (χ0v) is 6.38. The first-order valence-corrected chi connectivity index (χ1v) is 3.54. The molecule has 0 spiro atoms. The Labute approximate surface area is 71.8 Å². The van der Waals surface area contributed by atoms with E-state index in [4.69, 9.17) is 4.42 Å². The first-order valence-electron chi connectivity index (χ1n) is 3.54. The minimum atomic E-state index is -0.987. The van der Waals surface area contributed by atoms with Gasteiger partial charge in [-0.1, -0.05) is 0 Å². The van der Waals surface area contributed by atoms with Crippen molar-refractivity contribution in [1.82, 2.24) is 0 Å². The van der Waals surface area contributed by atoms with E-state index in [9.17, 15) is 13.6 Å². The van der Waals surface area contributed by atoms with Crippen molar-refractivity contribution in [2.45, 2.75) is 0 Å². The average molecular weight is 182 g/mol. The maximum Gasteiger partial charge on any atom is 0.185 e. The minimum absolute atomic E-state index is 0.0556. The van der Waals surface area contributed by atoms with Crippen LogP contribution in [0.1, 0.15) is 10.6 Å². The van der Waals surface area contributed by atoms with Gasteiger partial charge in [0.25, 0.3) is 0 Å². The lowest BCUT2D eigenvalue weighted by Crippen LogP contribution is -1.80. The molecule has 0 N–H and O–H groups in total. The topological polar surface area (TPSA) is 30.2 Å². The summed E-state index contributed by atoms with van der Waals surface area (Å²) >= 11 is 0. The fraction of sp³-hybridized carbons (Fsp3) is 0. The fourth-order valence-electron chi connectivity index (χ4n) is 1.11. The third-order valence-electron chi connectivity index (χ3n) is 1.69. The number of furan rings is 1. The molecule has 0 unspecified atom stereocenters. The van der Waals surface area contributed by atoms with Crippen LogP contribution in [0.4, 0.5) is 8.78 Å². The van der Waals surface area contributed by atoms with Gasteiger partial charge in [0.1, 0.15) is 5.58 Å². The summed E-state index contributed by atoms with van der Waals surface area (Å²) in [7, 11) is 0. The third-order valence-corrected chi connectivity index (χ3v) is 1.69. The van der Waals surface area contributed by atoms with Gasteiger partial charge in [-0.05, 0) is 12.1 Å². The molecule has 1 aromatic heterocycles. The Balaban J connectivity index is 2.77. The zero-order chi connectivity index (χ0) is 9.42. The number of benzene rings is 1. The van der Waals surface area contributed by atoms with Gasteiger partial charge in [0.2, 0.25) is 0 Å². The van der Waals surface area contributed by atoms with Crippen molar-refractivity contribution in [3.05, 3.63) is 35.6 Å². The zero-order valence-electron chi connectivity index (χ0n) is 6.38. The molecule has 4 heteroatoms. The van der Waals surface area contributed by atoms with Crippen molar-refractivity contribution in [3.8, 4) is 0 Å². The van der Waals surface area contributed by atoms with Crippen molar-refractivity contribution in [2.75, 3.05) is 0 Å². The minimum Gasteiger partial charge on any atom is -0.453 e. The fourth-order valence-corrected chi connectivity index (χ4v) is 1.11. The molecular weight excluding hydrogens is 178 g/mol. The van der Waals surface area contributed by atoms with Crippen LogP contribution in [-0.4, -0.2) is 6.29 Å². The van der Waals surface area contributed by atoms with E-state index in [1.807, 2.05) is 0 Å². The quantitative estimate of drug-likeness (QED) is 0.634. The second-order valence-corrected chi connectivity index (χ2v) is 2.57. The SMILES string of the molecule is O=Cc1cc2cc(F)c(F)cc2o1. The molecule has 0 fully saturated rings. The number of halogens is 2. The molecule has 0 aliphatic heterocycles. The Morgan fingerprint density at radius 1 is 1.15 bits per heavy atom. The Kier molecular flexibility index (Phi) is 1.62. The Morgan fingerprint density at radius 2 is 1.85 bits per heavy atom. The summed E-state index contributed by atoms with van der Waals surface area (Å²) in [6.45, 7) is 0. The first kappa shape index (κ1) is 7.91. The van der Waals surface area contributed by atoms with Gasteiger partial charge < -0.3 is 4.42 Å². The molecule has 13 heavy (non-hydrogen) atoms. The number of carbonyl (C=O) groups excluding carboxylic acids is 1. The Morgan fingerprint density at radius 3 is 2.54 bits per heavy atom. The van der Waals surface area contributed by atoms with E-state index < -0.39 is 11.6 Å². The van der Waals surface area contributed by atoms with Gasteiger partial charge in [0.15, 0.2) is 23.7 Å². The second kappa shape index (κ2) is 2.65. The molecule has 0 aliphatic carbocycles. The molecule has 1 heterocycles. The lowest BCUT2D eigenvalue weighted by molar-refractivity contribution is 0.110. The van der Waals surface area contributed by atoms with E-state index in [2.05, 4.69) is 0 Å². The molecule has 0 atom stereocenters. The van der Waals surface area contributed by atoms with Crippen LogP contribution in [0, 0.1) is 11.6 Å². The molecule has 0 radical (unpaired) electrons. The van der Waals surface area contributed by atoms with Crippen LogP contribution in [-0.2, 0) is 0 Å². The Bertz CT molecular complexity index is 435. The summed E-state index contributed by atoms with van der Waals surface area (Å²) in [6, 6.07) is 3.25. The van der Waals surface area contributed by atoms with Crippen LogP contribution < -0.4 is 0 Å². The van der Waals surface area contributed by atoms with Crippen LogP contribution in [0.2, 0.25) is 0 Å². The van der Waals surface area contributed by atoms with Crippen molar-refractivity contribution in [3.63, 3.8) is 0 Å². The molecule has 0 aliphatic rings. The van der Waals surface area contributed by atoms with E-state index in [0.717, 1.165) is 12.1 Å². The van der Waals surface area contributed by atoms with Crippen LogP contribution in [0.25, 0.3) is 11.0 Å². The maximum atomic E-state index is 12.7. The molecule has 0 amide bonds. The molecule has 2 aromatic rings. The van der Waals surface area contributed by atoms with E-state index in [0.29, 0.717) is 11.7 Å². The van der Waals surface area contributed by atoms with E-state index in [1.54, 1.807) is 0 Å². The van der Waals surface area contributed by atoms with Crippen LogP contribution in [0.15, 0.2) is 22.6 Å². The molecule has 0 saturated carbocycles. The highest BCUT2D eigenvalue weighted by Crippen LogP contribution is 2.21. The van der Waals surface area contributed by atoms with Crippen molar-refractivity contribution >= 4 is 17.3 Å². The van der Waals surface area contributed by atoms with Gasteiger partial charge in [-0.3, -0.25) is 4.79 Å². The number of rotatable bonds is 1. The highest BCUT2D eigenvalue weighted by atomic mass is 19.2. The summed E-state index contributed by atoms with van der Waals surface area (Å²) in [5, 5.41) is 0.376. The highest BCUT2D eigenvalue weighted by molar-refractivity contribution is 5.85. The molecule has 0 bridgehead atoms. The molecule has 2 nitrogen and oxygen atoms in total. The van der Waals surface area contributed by atoms with E-state index in [-0.39, 0.29) is 11.3 Å². The monoisotopic (exact) mass is 182 g/mol. The average Bonchev–Trinajstić information content (AvgIpc) is 2.48. The second-order valence-electron chi connectivity index (χ2n) is 2.57. The first-order chi connectivity index (χ1) is 6.20. The molecule has 2 rings (SSSR count). The number of hydrogen-bond acceptors (Lipinski definition) is 2. The standard InChI is InChI=1S/C9H4F2O2/c10-7-2-5-1-6(4-12)13-9(5)3-8(7)11/h1-4H. The normalized spacial score (nSPS) is 10.6. The number of fused-ring (bicyclic) bond motifs is 1. The molecule has 1 aromatic carbocycles. The summed E-state index contributed by atoms with van der Waals surface area (Å²) in [4.78, 5) is 10.3. The van der Waals surface area contributed by atoms with Gasteiger partial charge in [-0.25, -0.2) is 8.78 Å². The summed E-state index contributed by atoms with van der Waals surface area (Å²) in [5.74, 6) is -1.88. The lowest BCUT2D eigenvalue weighted by Gasteiger charge is -1.90. The van der Waals surface area contributed by atoms with Crippen LogP contribution in [0.5, 0.6) is 0 Å². The number of carbonyl (C=O) groups is 1. The summed E-state index contributed by atoms with van der Waals surface area (Å²) in [6.07, 6.45) is 0.482. The maximum absolute atomic E-state index is 12.7. The Hall–Kier alpha value is -1.71. The predicted octanol–water partition coefficient (Wildman–Crippen LogP) is 2.52. The van der Waals surface area contributed by atoms with Crippen LogP contribution in [0.3, 0.4) is 0 Å². The number of aldehydes is 1. The number of hydrogen-bond donors (Lipinski definition) is 0.